The molecular weight excluding hydrogens is 251 g/mol. The van der Waals surface area contributed by atoms with E-state index >= 15 is 0 Å². The third kappa shape index (κ3) is 6.21. The van der Waals surface area contributed by atoms with Gasteiger partial charge >= 0.3 is 24.7 Å². The van der Waals surface area contributed by atoms with Crippen LogP contribution in [0.15, 0.2) is 24.6 Å². The highest BCUT2D eigenvalue weighted by molar-refractivity contribution is 7.56. The van der Waals surface area contributed by atoms with Crippen LogP contribution >= 0.6 is 7.60 Å². The monoisotopic (exact) mass is 268 g/mol. The second-order valence-corrected chi connectivity index (χ2v) is 11.5. The Bertz CT molecular complexity index is 276. The van der Waals surface area contributed by atoms with E-state index in [-0.39, 0.29) is 0 Å². The molecule has 2 N–H and O–H groups in total. The molecule has 2 atom stereocenters. The fraction of sp³-hybridized carbons (Fsp3) is 0.429. The van der Waals surface area contributed by atoms with Crippen molar-refractivity contribution in [3.05, 3.63) is 24.6 Å². The average Bonchev–Trinajstić information content (AvgIpc) is 2.00. The van der Waals surface area contributed by atoms with E-state index in [9.17, 15) is 14.2 Å². The maximum absolute atomic E-state index is 11.8. The molecule has 15 heavy (non-hydrogen) atoms. The quantitative estimate of drug-likeness (QED) is 0.563. The predicted octanol–water partition coefficient (Wildman–Crippen LogP) is 1.42. The first-order valence-corrected chi connectivity index (χ1v) is 11.1. The SMILES string of the molecule is C=C[Si](C)(O)OP(C)(=O)O[Si](C)(O)C=C. The molecule has 0 amide bonds. The van der Waals surface area contributed by atoms with Gasteiger partial charge in [0.15, 0.2) is 0 Å². The van der Waals surface area contributed by atoms with Crippen LogP contribution in [0.25, 0.3) is 0 Å². The van der Waals surface area contributed by atoms with Gasteiger partial charge in [-0.25, -0.2) is 0 Å². The Labute approximate surface area is 92.1 Å². The zero-order valence-electron chi connectivity index (χ0n) is 9.14. The van der Waals surface area contributed by atoms with E-state index in [0.29, 0.717) is 0 Å². The molecule has 0 rings (SSSR count). The Balaban J connectivity index is 4.65. The summed E-state index contributed by atoms with van der Waals surface area (Å²) in [5.74, 6) is 0. The summed E-state index contributed by atoms with van der Waals surface area (Å²) in [5.41, 5.74) is 2.44. The van der Waals surface area contributed by atoms with Gasteiger partial charge in [0.05, 0.1) is 0 Å². The molecule has 0 aliphatic rings. The fourth-order valence-corrected chi connectivity index (χ4v) is 7.22. The van der Waals surface area contributed by atoms with E-state index in [1.54, 1.807) is 0 Å². The zero-order valence-corrected chi connectivity index (χ0v) is 12.0. The molecule has 0 saturated heterocycles. The average molecular weight is 268 g/mol. The standard InChI is InChI=1S/C7H17O5PSi2/c1-6-14(4,9)11-13(3,8)12-15(5,10)7-2/h6-7,9-10H,1-2H2,3-5H3. The van der Waals surface area contributed by atoms with Crippen molar-refractivity contribution in [2.75, 3.05) is 6.66 Å². The smallest absolute Gasteiger partial charge is 0.366 e. The van der Waals surface area contributed by atoms with E-state index in [1.165, 1.54) is 31.2 Å². The van der Waals surface area contributed by atoms with Gasteiger partial charge < -0.3 is 18.0 Å². The highest BCUT2D eigenvalue weighted by Gasteiger charge is 2.38. The van der Waals surface area contributed by atoms with Crippen molar-refractivity contribution in [1.29, 1.82) is 0 Å². The van der Waals surface area contributed by atoms with Crippen LogP contribution in [0.2, 0.25) is 13.1 Å². The van der Waals surface area contributed by atoms with Gasteiger partial charge in [0.2, 0.25) is 0 Å². The highest BCUT2D eigenvalue weighted by Crippen LogP contribution is 2.48. The summed E-state index contributed by atoms with van der Waals surface area (Å²) in [7, 11) is -9.83. The van der Waals surface area contributed by atoms with Gasteiger partial charge in [-0.2, -0.15) is 0 Å². The lowest BCUT2D eigenvalue weighted by atomic mass is 11.3. The van der Waals surface area contributed by atoms with Crippen molar-refractivity contribution in [2.45, 2.75) is 13.1 Å². The Morgan fingerprint density at radius 3 is 1.60 bits per heavy atom. The molecule has 0 radical (unpaired) electrons. The second kappa shape index (κ2) is 4.88. The maximum atomic E-state index is 11.8. The van der Waals surface area contributed by atoms with Gasteiger partial charge in [-0.05, 0) is 24.5 Å². The van der Waals surface area contributed by atoms with Gasteiger partial charge in [0, 0.05) is 6.66 Å². The molecule has 8 heteroatoms. The maximum Gasteiger partial charge on any atom is 0.366 e. The molecular formula is C7H17O5PSi2. The lowest BCUT2D eigenvalue weighted by Crippen LogP contribution is -2.35. The van der Waals surface area contributed by atoms with Crippen molar-refractivity contribution in [2.24, 2.45) is 0 Å². The highest BCUT2D eigenvalue weighted by atomic mass is 31.2. The molecule has 0 heterocycles. The third-order valence-corrected chi connectivity index (χ3v) is 8.58. The molecule has 0 aromatic carbocycles. The molecule has 88 valence electrons. The molecule has 0 aliphatic carbocycles. The molecule has 0 saturated carbocycles. The van der Waals surface area contributed by atoms with Crippen LogP contribution in [-0.4, -0.2) is 33.4 Å². The van der Waals surface area contributed by atoms with Crippen LogP contribution in [0.1, 0.15) is 0 Å². The Kier molecular flexibility index (Phi) is 4.87. The van der Waals surface area contributed by atoms with Crippen molar-refractivity contribution in [3.8, 4) is 0 Å². The first kappa shape index (κ1) is 15.0. The van der Waals surface area contributed by atoms with Gasteiger partial charge in [-0.15, -0.1) is 13.2 Å². The van der Waals surface area contributed by atoms with Crippen LogP contribution in [0.5, 0.6) is 0 Å². The number of hydrogen-bond donors (Lipinski definition) is 2. The second-order valence-electron chi connectivity index (χ2n) is 3.47. The summed E-state index contributed by atoms with van der Waals surface area (Å²) >= 11 is 0. The van der Waals surface area contributed by atoms with E-state index in [4.69, 9.17) is 8.43 Å². The summed E-state index contributed by atoms with van der Waals surface area (Å²) in [4.78, 5) is 19.2. The summed E-state index contributed by atoms with van der Waals surface area (Å²) in [6.07, 6.45) is 0. The van der Waals surface area contributed by atoms with E-state index < -0.39 is 24.7 Å². The van der Waals surface area contributed by atoms with E-state index in [0.717, 1.165) is 0 Å². The van der Waals surface area contributed by atoms with Crippen LogP contribution < -0.4 is 0 Å². The zero-order chi connectivity index (χ0) is 12.3. The minimum absolute atomic E-state index is 1.20. The number of hydrogen-bond acceptors (Lipinski definition) is 5. The van der Waals surface area contributed by atoms with Crippen molar-refractivity contribution in [3.63, 3.8) is 0 Å². The molecule has 0 bridgehead atoms. The predicted molar refractivity (Wildman–Crippen MR) is 63.8 cm³/mol. The van der Waals surface area contributed by atoms with Crippen molar-refractivity contribution in [1.82, 2.24) is 0 Å². The minimum Gasteiger partial charge on any atom is -0.408 e. The molecule has 0 spiro atoms. The summed E-state index contributed by atoms with van der Waals surface area (Å²) in [6.45, 7) is 10.8. The van der Waals surface area contributed by atoms with Crippen LogP contribution in [-0.2, 0) is 13.0 Å². The molecule has 5 nitrogen and oxygen atoms in total. The van der Waals surface area contributed by atoms with E-state index in [1.807, 2.05) is 0 Å². The molecule has 0 aliphatic heterocycles. The van der Waals surface area contributed by atoms with Crippen LogP contribution in [0, 0.1) is 0 Å². The summed E-state index contributed by atoms with van der Waals surface area (Å²) < 4.78 is 21.7. The topological polar surface area (TPSA) is 76.0 Å². The van der Waals surface area contributed by atoms with Crippen molar-refractivity contribution < 1.29 is 22.6 Å². The minimum atomic E-state index is -3.49. The van der Waals surface area contributed by atoms with Crippen molar-refractivity contribution >= 4 is 24.7 Å². The first-order chi connectivity index (χ1) is 6.54. The van der Waals surface area contributed by atoms with E-state index in [2.05, 4.69) is 13.2 Å². The van der Waals surface area contributed by atoms with Gasteiger partial charge in [-0.3, -0.25) is 4.57 Å². The lowest BCUT2D eigenvalue weighted by Gasteiger charge is -2.26. The molecule has 0 aromatic heterocycles. The molecule has 2 unspecified atom stereocenters. The van der Waals surface area contributed by atoms with Crippen LogP contribution in [0.4, 0.5) is 0 Å². The summed E-state index contributed by atoms with van der Waals surface area (Å²) in [6, 6.07) is 0. The first-order valence-electron chi connectivity index (χ1n) is 4.24. The third-order valence-electron chi connectivity index (χ3n) is 1.46. The Hall–Kier alpha value is -0.0162. The molecule has 0 fully saturated rings. The Morgan fingerprint density at radius 1 is 1.13 bits per heavy atom. The molecule has 0 aromatic rings. The van der Waals surface area contributed by atoms with Crippen LogP contribution in [0.3, 0.4) is 0 Å². The Morgan fingerprint density at radius 2 is 1.40 bits per heavy atom. The van der Waals surface area contributed by atoms with Gasteiger partial charge in [-0.1, -0.05) is 0 Å². The number of rotatable bonds is 6. The summed E-state index contributed by atoms with van der Waals surface area (Å²) in [5, 5.41) is 0. The van der Waals surface area contributed by atoms with Gasteiger partial charge in [0.25, 0.3) is 0 Å². The fourth-order valence-electron chi connectivity index (χ4n) is 0.765. The normalized spacial score (nSPS) is 23.3. The largest absolute Gasteiger partial charge is 0.408 e. The lowest BCUT2D eigenvalue weighted by molar-refractivity contribution is 0.314. The van der Waals surface area contributed by atoms with Gasteiger partial charge in [0.1, 0.15) is 0 Å².